The van der Waals surface area contributed by atoms with Crippen LogP contribution >= 0.6 is 0 Å². The summed E-state index contributed by atoms with van der Waals surface area (Å²) in [6.45, 7) is 0. The number of aromatic nitrogens is 1. The minimum Gasteiger partial charge on any atom is -0.506 e. The molecule has 180 valence electrons. The molecule has 3 aliphatic rings. The largest absolute Gasteiger partial charge is 0.506 e. The maximum absolute atomic E-state index is 14.4. The Hall–Kier alpha value is -4.34. The molecule has 6 rings (SSSR count). The maximum Gasteiger partial charge on any atom is 0.261 e. The summed E-state index contributed by atoms with van der Waals surface area (Å²) in [6, 6.07) is 7.50. The third kappa shape index (κ3) is 2.78. The van der Waals surface area contributed by atoms with Crippen molar-refractivity contribution in [3.05, 3.63) is 81.6 Å². The molecule has 0 atom stereocenters. The molecule has 0 spiro atoms. The molecule has 0 saturated heterocycles. The predicted octanol–water partition coefficient (Wildman–Crippen LogP) is 5.16. The first-order valence-electron chi connectivity index (χ1n) is 11.1. The van der Waals surface area contributed by atoms with Crippen LogP contribution in [0.1, 0.15) is 47.3 Å². The second-order valence-electron chi connectivity index (χ2n) is 8.71. The van der Waals surface area contributed by atoms with Gasteiger partial charge in [0.15, 0.2) is 23.3 Å². The Morgan fingerprint density at radius 1 is 0.778 bits per heavy atom. The van der Waals surface area contributed by atoms with Crippen molar-refractivity contribution in [1.82, 2.24) is 4.98 Å². The van der Waals surface area contributed by atoms with E-state index in [1.165, 1.54) is 18.2 Å². The zero-order valence-electron chi connectivity index (χ0n) is 18.3. The molecule has 0 radical (unpaired) electrons. The number of hydrogen-bond acceptors (Lipinski definition) is 5. The Morgan fingerprint density at radius 2 is 1.39 bits per heavy atom. The molecule has 0 unspecified atom stereocenters. The van der Waals surface area contributed by atoms with Crippen molar-refractivity contribution >= 4 is 45.5 Å². The summed E-state index contributed by atoms with van der Waals surface area (Å²) in [6.07, 6.45) is 2.54. The van der Waals surface area contributed by atoms with Gasteiger partial charge in [-0.25, -0.2) is 27.4 Å². The second kappa shape index (κ2) is 7.58. The number of carbonyl (C=O) groups is 3. The molecule has 1 N–H and O–H groups in total. The lowest BCUT2D eigenvalue weighted by Gasteiger charge is -2.17. The molecule has 0 bridgehead atoms. The minimum absolute atomic E-state index is 0.110. The van der Waals surface area contributed by atoms with Crippen molar-refractivity contribution in [2.45, 2.75) is 25.7 Å². The zero-order valence-corrected chi connectivity index (χ0v) is 18.3. The number of aliphatic hydroxyl groups is 1. The summed E-state index contributed by atoms with van der Waals surface area (Å²) in [5.41, 5.74) is -2.01. The number of carbonyl (C=O) groups excluding carboxylic acids is 3. The first kappa shape index (κ1) is 22.1. The van der Waals surface area contributed by atoms with E-state index < -0.39 is 63.3 Å². The lowest BCUT2D eigenvalue weighted by Crippen LogP contribution is -2.31. The fraction of sp³-hybridized carbons (Fsp3) is 0.154. The van der Waals surface area contributed by atoms with Gasteiger partial charge in [0.05, 0.1) is 33.6 Å². The number of fused-ring (bicyclic) bond motifs is 2. The highest BCUT2D eigenvalue weighted by Crippen LogP contribution is 2.42. The molecule has 3 aromatic rings. The maximum atomic E-state index is 14.4. The molecule has 2 heterocycles. The lowest BCUT2D eigenvalue weighted by atomic mass is 9.93. The van der Waals surface area contributed by atoms with Crippen LogP contribution in [0.3, 0.4) is 0 Å². The van der Waals surface area contributed by atoms with Crippen molar-refractivity contribution in [3.63, 3.8) is 0 Å². The van der Waals surface area contributed by atoms with Gasteiger partial charge in [0.25, 0.3) is 11.8 Å². The van der Waals surface area contributed by atoms with Crippen LogP contribution in [-0.2, 0) is 9.59 Å². The minimum atomic E-state index is -2.18. The molecule has 36 heavy (non-hydrogen) atoms. The number of anilines is 1. The van der Waals surface area contributed by atoms with E-state index in [4.69, 9.17) is 0 Å². The summed E-state index contributed by atoms with van der Waals surface area (Å²) in [4.78, 5) is 44.4. The van der Waals surface area contributed by atoms with Crippen LogP contribution in [0.25, 0.3) is 22.2 Å². The van der Waals surface area contributed by atoms with Crippen LogP contribution in [0.5, 0.6) is 0 Å². The van der Waals surface area contributed by atoms with Gasteiger partial charge >= 0.3 is 0 Å². The van der Waals surface area contributed by atoms with Crippen LogP contribution in [-0.4, -0.2) is 27.7 Å². The number of rotatable bonds is 2. The number of benzene rings is 2. The van der Waals surface area contributed by atoms with Crippen LogP contribution in [0.4, 0.5) is 23.2 Å². The number of ketones is 1. The van der Waals surface area contributed by atoms with Gasteiger partial charge in [-0.2, -0.15) is 0 Å². The third-order valence-electron chi connectivity index (χ3n) is 6.78. The number of imide groups is 1. The van der Waals surface area contributed by atoms with Crippen molar-refractivity contribution in [2.75, 3.05) is 4.90 Å². The van der Waals surface area contributed by atoms with Gasteiger partial charge in [0.1, 0.15) is 5.76 Å². The highest BCUT2D eigenvalue weighted by Gasteiger charge is 2.42. The Labute approximate surface area is 200 Å². The average molecular weight is 494 g/mol. The molecule has 2 amide bonds. The van der Waals surface area contributed by atoms with Crippen molar-refractivity contribution in [1.29, 1.82) is 0 Å². The topological polar surface area (TPSA) is 87.6 Å². The van der Waals surface area contributed by atoms with Crippen LogP contribution < -0.4 is 4.90 Å². The lowest BCUT2D eigenvalue weighted by molar-refractivity contribution is -0.120. The molecule has 0 saturated carbocycles. The Bertz CT molecular complexity index is 1630. The number of nitrogens with zero attached hydrogens (tertiary/aromatic N) is 2. The number of pyridine rings is 1. The number of Topliss-reactive ketones (excluding diaryl/α,β-unsaturated/α-hetero) is 1. The quantitative estimate of drug-likeness (QED) is 0.230. The van der Waals surface area contributed by atoms with Crippen LogP contribution in [0, 0.1) is 23.3 Å². The van der Waals surface area contributed by atoms with E-state index in [0.29, 0.717) is 29.4 Å². The monoisotopic (exact) mass is 494 g/mol. The smallest absolute Gasteiger partial charge is 0.261 e. The number of aliphatic hydroxyl groups excluding tert-OH is 1. The number of hydrogen-bond donors (Lipinski definition) is 1. The summed E-state index contributed by atoms with van der Waals surface area (Å²) >= 11 is 0. The van der Waals surface area contributed by atoms with E-state index in [0.717, 1.165) is 17.7 Å². The number of allylic oxidation sites excluding steroid dienone is 1. The Kier molecular flexibility index (Phi) is 4.66. The van der Waals surface area contributed by atoms with Gasteiger partial charge in [0.2, 0.25) is 5.78 Å². The van der Waals surface area contributed by atoms with Gasteiger partial charge in [-0.05, 0) is 37.8 Å². The van der Waals surface area contributed by atoms with Gasteiger partial charge < -0.3 is 5.11 Å². The average Bonchev–Trinajstić information content (AvgIpc) is 3.30. The number of para-hydroxylation sites is 1. The van der Waals surface area contributed by atoms with Crippen LogP contribution in [0.15, 0.2) is 41.5 Å². The molecular formula is C26H14F4N2O4. The second-order valence-corrected chi connectivity index (χ2v) is 8.71. The molecule has 2 aromatic carbocycles. The van der Waals surface area contributed by atoms with E-state index in [1.54, 1.807) is 12.1 Å². The molecular weight excluding hydrogens is 480 g/mol. The highest BCUT2D eigenvalue weighted by atomic mass is 19.2. The predicted molar refractivity (Wildman–Crippen MR) is 120 cm³/mol. The van der Waals surface area contributed by atoms with Gasteiger partial charge in [-0.3, -0.25) is 14.4 Å². The fourth-order valence-corrected chi connectivity index (χ4v) is 5.07. The first-order chi connectivity index (χ1) is 17.2. The Morgan fingerprint density at radius 3 is 2.03 bits per heavy atom. The van der Waals surface area contributed by atoms with Crippen molar-refractivity contribution in [3.8, 4) is 0 Å². The van der Waals surface area contributed by atoms with E-state index in [1.807, 2.05) is 0 Å². The molecule has 1 aromatic heterocycles. The molecule has 6 nitrogen and oxygen atoms in total. The molecule has 2 aliphatic carbocycles. The molecule has 0 fully saturated rings. The zero-order chi connectivity index (χ0) is 25.5. The summed E-state index contributed by atoms with van der Waals surface area (Å²) < 4.78 is 56.3. The fourth-order valence-electron chi connectivity index (χ4n) is 5.07. The standard InChI is InChI=1S/C26H14F4N2O4/c27-18-16-17(19(28)21(30)20(18)29)24(34)15(23(16)33)13-9-8-10-4-3-7-14(22(10)31-13)32-25(35)11-5-1-2-6-12(11)26(32)36/h3-4,7-9,33H,1-2,5-6H2. The van der Waals surface area contributed by atoms with Gasteiger partial charge in [-0.15, -0.1) is 0 Å². The van der Waals surface area contributed by atoms with E-state index in [9.17, 15) is 37.1 Å². The molecule has 1 aliphatic heterocycles. The molecule has 10 heteroatoms. The summed E-state index contributed by atoms with van der Waals surface area (Å²) in [5.74, 6) is -11.5. The first-order valence-corrected chi connectivity index (χ1v) is 11.1. The van der Waals surface area contributed by atoms with Gasteiger partial charge in [-0.1, -0.05) is 18.2 Å². The Balaban J connectivity index is 1.52. The third-order valence-corrected chi connectivity index (χ3v) is 6.78. The highest BCUT2D eigenvalue weighted by molar-refractivity contribution is 6.39. The number of amides is 2. The van der Waals surface area contributed by atoms with Crippen LogP contribution in [0.2, 0.25) is 0 Å². The normalized spacial score (nSPS) is 17.6. The van der Waals surface area contributed by atoms with E-state index >= 15 is 0 Å². The summed E-state index contributed by atoms with van der Waals surface area (Å²) in [5, 5.41) is 11.0. The van der Waals surface area contributed by atoms with Gasteiger partial charge in [0, 0.05) is 16.5 Å². The SMILES string of the molecule is O=C1C(c2ccc3cccc(N4C(=O)C5=C(CCCC5)C4=O)c3n2)=C(O)c2c(F)c(F)c(F)c(F)c21. The van der Waals surface area contributed by atoms with E-state index in [-0.39, 0.29) is 16.9 Å². The summed E-state index contributed by atoms with van der Waals surface area (Å²) in [7, 11) is 0. The van der Waals surface area contributed by atoms with E-state index in [2.05, 4.69) is 4.98 Å². The number of halogens is 4. The van der Waals surface area contributed by atoms with Crippen molar-refractivity contribution in [2.24, 2.45) is 0 Å². The van der Waals surface area contributed by atoms with Crippen molar-refractivity contribution < 1.29 is 37.1 Å².